The zero-order valence-corrected chi connectivity index (χ0v) is 10.6. The molecule has 17 heavy (non-hydrogen) atoms. The van der Waals surface area contributed by atoms with E-state index in [1.165, 1.54) is 0 Å². The van der Waals surface area contributed by atoms with Crippen molar-refractivity contribution in [3.05, 3.63) is 0 Å². The van der Waals surface area contributed by atoms with E-state index in [4.69, 9.17) is 10.8 Å². The summed E-state index contributed by atoms with van der Waals surface area (Å²) in [6.45, 7) is 1.64. The molecular formula is C12H22N2O3. The minimum atomic E-state index is -0.851. The number of nitrogens with two attached hydrogens (primary N) is 1. The van der Waals surface area contributed by atoms with Crippen LogP contribution in [0, 0.1) is 0 Å². The van der Waals surface area contributed by atoms with Crippen LogP contribution in [0.2, 0.25) is 0 Å². The van der Waals surface area contributed by atoms with E-state index in [2.05, 4.69) is 0 Å². The van der Waals surface area contributed by atoms with Crippen LogP contribution in [0.25, 0.3) is 0 Å². The summed E-state index contributed by atoms with van der Waals surface area (Å²) >= 11 is 0. The van der Waals surface area contributed by atoms with E-state index < -0.39 is 17.6 Å². The van der Waals surface area contributed by atoms with Crippen LogP contribution in [-0.4, -0.2) is 40.5 Å². The highest BCUT2D eigenvalue weighted by molar-refractivity contribution is 5.82. The highest BCUT2D eigenvalue weighted by Gasteiger charge is 2.40. The molecule has 0 aromatic rings. The van der Waals surface area contributed by atoms with Gasteiger partial charge in [0.05, 0.1) is 18.0 Å². The molecule has 0 spiro atoms. The molecule has 1 aliphatic carbocycles. The molecule has 1 aliphatic rings. The first-order chi connectivity index (χ1) is 7.89. The third kappa shape index (κ3) is 3.19. The molecule has 0 heterocycles. The maximum Gasteiger partial charge on any atom is 0.305 e. The van der Waals surface area contributed by atoms with Crippen molar-refractivity contribution in [1.29, 1.82) is 0 Å². The number of carbonyl (C=O) groups is 2. The quantitative estimate of drug-likeness (QED) is 0.769. The average Bonchev–Trinajstić information content (AvgIpc) is 2.27. The standard InChI is InChI=1S/C12H22N2O3/c1-9(13)11(17)14(2)12(8-10(15)16)6-4-3-5-7-12/h9H,3-8,13H2,1-2H3,(H,15,16)/t9-/m0/s1. The molecule has 1 rings (SSSR count). The lowest BCUT2D eigenvalue weighted by atomic mass is 9.78. The fraction of sp³-hybridized carbons (Fsp3) is 0.833. The van der Waals surface area contributed by atoms with Gasteiger partial charge >= 0.3 is 5.97 Å². The maximum absolute atomic E-state index is 11.9. The van der Waals surface area contributed by atoms with Crippen LogP contribution in [-0.2, 0) is 9.59 Å². The van der Waals surface area contributed by atoms with Gasteiger partial charge in [0.2, 0.25) is 5.91 Å². The Balaban J connectivity index is 2.88. The highest BCUT2D eigenvalue weighted by atomic mass is 16.4. The maximum atomic E-state index is 11.9. The summed E-state index contributed by atoms with van der Waals surface area (Å²) in [5.74, 6) is -1.02. The molecule has 1 atom stereocenters. The van der Waals surface area contributed by atoms with Gasteiger partial charge < -0.3 is 15.7 Å². The number of carbonyl (C=O) groups excluding carboxylic acids is 1. The summed E-state index contributed by atoms with van der Waals surface area (Å²) in [6, 6.07) is -0.576. The number of hydrogen-bond donors (Lipinski definition) is 2. The van der Waals surface area contributed by atoms with Gasteiger partial charge in [-0.15, -0.1) is 0 Å². The van der Waals surface area contributed by atoms with Crippen LogP contribution >= 0.6 is 0 Å². The van der Waals surface area contributed by atoms with Gasteiger partial charge in [-0.2, -0.15) is 0 Å². The second-order valence-electron chi connectivity index (χ2n) is 5.04. The largest absolute Gasteiger partial charge is 0.481 e. The van der Waals surface area contributed by atoms with E-state index in [0.29, 0.717) is 0 Å². The molecule has 0 aromatic carbocycles. The Morgan fingerprint density at radius 1 is 1.35 bits per heavy atom. The van der Waals surface area contributed by atoms with Gasteiger partial charge in [0.25, 0.3) is 0 Å². The summed E-state index contributed by atoms with van der Waals surface area (Å²) in [5, 5.41) is 9.03. The molecule has 0 saturated heterocycles. The lowest BCUT2D eigenvalue weighted by Gasteiger charge is -2.44. The molecule has 0 bridgehead atoms. The lowest BCUT2D eigenvalue weighted by Crippen LogP contribution is -2.55. The summed E-state index contributed by atoms with van der Waals surface area (Å²) < 4.78 is 0. The monoisotopic (exact) mass is 242 g/mol. The van der Waals surface area contributed by atoms with E-state index >= 15 is 0 Å². The second-order valence-corrected chi connectivity index (χ2v) is 5.04. The first kappa shape index (κ1) is 14.0. The van der Waals surface area contributed by atoms with Crippen molar-refractivity contribution in [1.82, 2.24) is 4.90 Å². The molecule has 1 amide bonds. The molecule has 0 aliphatic heterocycles. The Morgan fingerprint density at radius 2 is 1.88 bits per heavy atom. The number of rotatable bonds is 4. The number of aliphatic carboxylic acids is 1. The van der Waals surface area contributed by atoms with E-state index in [9.17, 15) is 9.59 Å². The molecule has 98 valence electrons. The van der Waals surface area contributed by atoms with E-state index in [-0.39, 0.29) is 12.3 Å². The van der Waals surface area contributed by atoms with Crippen molar-refractivity contribution in [2.24, 2.45) is 5.73 Å². The molecule has 3 N–H and O–H groups in total. The first-order valence-corrected chi connectivity index (χ1v) is 6.14. The Labute approximate surface area is 102 Å². The van der Waals surface area contributed by atoms with Crippen LogP contribution in [0.15, 0.2) is 0 Å². The number of carboxylic acid groups (broad SMARTS) is 1. The summed E-state index contributed by atoms with van der Waals surface area (Å²) in [5.41, 5.74) is 5.06. The smallest absolute Gasteiger partial charge is 0.305 e. The predicted molar refractivity (Wildman–Crippen MR) is 64.5 cm³/mol. The molecule has 0 radical (unpaired) electrons. The Kier molecular flexibility index (Phi) is 4.51. The fourth-order valence-electron chi connectivity index (χ4n) is 2.66. The van der Waals surface area contributed by atoms with Gasteiger partial charge in [-0.25, -0.2) is 0 Å². The number of nitrogens with zero attached hydrogens (tertiary/aromatic N) is 1. The minimum Gasteiger partial charge on any atom is -0.481 e. The second kappa shape index (κ2) is 5.49. The number of amides is 1. The van der Waals surface area contributed by atoms with Crippen LogP contribution in [0.4, 0.5) is 0 Å². The summed E-state index contributed by atoms with van der Waals surface area (Å²) in [4.78, 5) is 24.5. The van der Waals surface area contributed by atoms with Crippen molar-refractivity contribution >= 4 is 11.9 Å². The van der Waals surface area contributed by atoms with E-state index in [1.807, 2.05) is 0 Å². The van der Waals surface area contributed by atoms with Crippen molar-refractivity contribution in [3.8, 4) is 0 Å². The molecule has 1 fully saturated rings. The van der Waals surface area contributed by atoms with Gasteiger partial charge in [0.1, 0.15) is 0 Å². The van der Waals surface area contributed by atoms with Gasteiger partial charge in [-0.3, -0.25) is 9.59 Å². The fourth-order valence-corrected chi connectivity index (χ4v) is 2.66. The molecule has 5 nitrogen and oxygen atoms in total. The third-order valence-electron chi connectivity index (χ3n) is 3.70. The van der Waals surface area contributed by atoms with Gasteiger partial charge in [0.15, 0.2) is 0 Å². The normalized spacial score (nSPS) is 20.6. The van der Waals surface area contributed by atoms with E-state index in [1.54, 1.807) is 18.9 Å². The van der Waals surface area contributed by atoms with Crippen LogP contribution in [0.3, 0.4) is 0 Å². The van der Waals surface area contributed by atoms with Crippen LogP contribution < -0.4 is 5.73 Å². The summed E-state index contributed by atoms with van der Waals surface area (Å²) in [7, 11) is 1.68. The molecule has 0 aromatic heterocycles. The van der Waals surface area contributed by atoms with Gasteiger partial charge in [-0.05, 0) is 19.8 Å². The van der Waals surface area contributed by atoms with Gasteiger partial charge in [0, 0.05) is 7.05 Å². The van der Waals surface area contributed by atoms with Gasteiger partial charge in [-0.1, -0.05) is 19.3 Å². The predicted octanol–water partition coefficient (Wildman–Crippen LogP) is 0.970. The molecule has 0 unspecified atom stereocenters. The molecule has 5 heteroatoms. The Morgan fingerprint density at radius 3 is 2.29 bits per heavy atom. The zero-order chi connectivity index (χ0) is 13.1. The SMILES string of the molecule is C[C@H](N)C(=O)N(C)C1(CC(=O)O)CCCCC1. The average molecular weight is 242 g/mol. The van der Waals surface area contributed by atoms with Crippen molar-refractivity contribution in [3.63, 3.8) is 0 Å². The first-order valence-electron chi connectivity index (χ1n) is 6.14. The zero-order valence-electron chi connectivity index (χ0n) is 10.6. The topological polar surface area (TPSA) is 83.6 Å². The minimum absolute atomic E-state index is 0.0158. The van der Waals surface area contributed by atoms with Crippen molar-refractivity contribution < 1.29 is 14.7 Å². The third-order valence-corrected chi connectivity index (χ3v) is 3.70. The van der Waals surface area contributed by atoms with Crippen molar-refractivity contribution in [2.45, 2.75) is 57.0 Å². The lowest BCUT2D eigenvalue weighted by molar-refractivity contribution is -0.146. The van der Waals surface area contributed by atoms with Crippen molar-refractivity contribution in [2.75, 3.05) is 7.05 Å². The Bertz CT molecular complexity index is 296. The van der Waals surface area contributed by atoms with Crippen LogP contribution in [0.1, 0.15) is 45.4 Å². The molecular weight excluding hydrogens is 220 g/mol. The van der Waals surface area contributed by atoms with Crippen LogP contribution in [0.5, 0.6) is 0 Å². The molecule has 1 saturated carbocycles. The summed E-state index contributed by atoms with van der Waals surface area (Å²) in [6.07, 6.45) is 4.60. The highest BCUT2D eigenvalue weighted by Crippen LogP contribution is 2.36. The number of likely N-dealkylation sites (N-methyl/N-ethyl adjacent to an activating group) is 1. The number of hydrogen-bond acceptors (Lipinski definition) is 3. The number of carboxylic acids is 1. The Hall–Kier alpha value is -1.10. The van der Waals surface area contributed by atoms with E-state index in [0.717, 1.165) is 32.1 Å².